The molecule has 0 radical (unpaired) electrons. The van der Waals surface area contributed by atoms with Crippen LogP contribution in [0.3, 0.4) is 0 Å². The Morgan fingerprint density at radius 2 is 2.00 bits per heavy atom. The van der Waals surface area contributed by atoms with E-state index in [-0.39, 0.29) is 11.3 Å². The van der Waals surface area contributed by atoms with E-state index in [9.17, 15) is 13.2 Å². The molecule has 78 valence electrons. The number of methoxy groups -OCH3 is 1. The third kappa shape index (κ3) is 2.17. The molecule has 0 aromatic heterocycles. The zero-order chi connectivity index (χ0) is 10.7. The first-order valence-corrected chi connectivity index (χ1v) is 3.93. The molecule has 0 fully saturated rings. The highest BCUT2D eigenvalue weighted by atomic mass is 19.3. The van der Waals surface area contributed by atoms with Crippen molar-refractivity contribution in [1.82, 2.24) is 0 Å². The summed E-state index contributed by atoms with van der Waals surface area (Å²) in [6.07, 6.45) is -2.71. The molecular formula is C9H10F3NO. The van der Waals surface area contributed by atoms with Gasteiger partial charge < -0.3 is 10.5 Å². The minimum absolute atomic E-state index is 0.00946. The van der Waals surface area contributed by atoms with E-state index in [1.165, 1.54) is 19.2 Å². The first kappa shape index (κ1) is 10.8. The Bertz CT molecular complexity index is 317. The van der Waals surface area contributed by atoms with E-state index < -0.39 is 18.3 Å². The van der Waals surface area contributed by atoms with Crippen molar-refractivity contribution in [1.29, 1.82) is 0 Å². The van der Waals surface area contributed by atoms with Crippen LogP contribution in [-0.2, 0) is 0 Å². The van der Waals surface area contributed by atoms with Crippen molar-refractivity contribution < 1.29 is 17.9 Å². The first-order chi connectivity index (χ1) is 6.56. The van der Waals surface area contributed by atoms with Gasteiger partial charge in [0.15, 0.2) is 11.6 Å². The molecule has 0 aliphatic heterocycles. The summed E-state index contributed by atoms with van der Waals surface area (Å²) >= 11 is 0. The van der Waals surface area contributed by atoms with E-state index in [1.54, 1.807) is 0 Å². The minimum Gasteiger partial charge on any atom is -0.494 e. The summed E-state index contributed by atoms with van der Waals surface area (Å²) in [5, 5.41) is 0. The second kappa shape index (κ2) is 4.32. The number of ether oxygens (including phenoxy) is 1. The van der Waals surface area contributed by atoms with Crippen molar-refractivity contribution in [2.75, 3.05) is 7.11 Å². The van der Waals surface area contributed by atoms with E-state index in [1.807, 2.05) is 0 Å². The molecule has 0 heterocycles. The molecule has 1 aromatic carbocycles. The fourth-order valence-electron chi connectivity index (χ4n) is 1.04. The zero-order valence-corrected chi connectivity index (χ0v) is 7.51. The Morgan fingerprint density at radius 3 is 2.43 bits per heavy atom. The maximum absolute atomic E-state index is 13.0. The Hall–Kier alpha value is -1.23. The van der Waals surface area contributed by atoms with Crippen LogP contribution in [0.15, 0.2) is 18.2 Å². The summed E-state index contributed by atoms with van der Waals surface area (Å²) in [7, 11) is 1.30. The number of hydrogen-bond acceptors (Lipinski definition) is 2. The Morgan fingerprint density at radius 1 is 1.36 bits per heavy atom. The summed E-state index contributed by atoms with van der Waals surface area (Å²) in [5.41, 5.74) is 5.19. The highest BCUT2D eigenvalue weighted by Gasteiger charge is 2.18. The maximum atomic E-state index is 13.0. The molecule has 1 unspecified atom stereocenters. The Balaban J connectivity index is 2.96. The summed E-state index contributed by atoms with van der Waals surface area (Å²) in [6, 6.07) is 2.08. The zero-order valence-electron chi connectivity index (χ0n) is 7.51. The molecule has 1 aromatic rings. The third-order valence-corrected chi connectivity index (χ3v) is 1.83. The van der Waals surface area contributed by atoms with Gasteiger partial charge in [0.2, 0.25) is 0 Å². The quantitative estimate of drug-likeness (QED) is 0.820. The van der Waals surface area contributed by atoms with Crippen molar-refractivity contribution in [2.45, 2.75) is 12.5 Å². The monoisotopic (exact) mass is 205 g/mol. The molecule has 0 spiro atoms. The van der Waals surface area contributed by atoms with E-state index in [4.69, 9.17) is 5.73 Å². The predicted octanol–water partition coefficient (Wildman–Crippen LogP) is 2.10. The van der Waals surface area contributed by atoms with Gasteiger partial charge in [-0.2, -0.15) is 0 Å². The number of benzene rings is 1. The maximum Gasteiger partial charge on any atom is 0.257 e. The van der Waals surface area contributed by atoms with E-state index >= 15 is 0 Å². The lowest BCUT2D eigenvalue weighted by Crippen LogP contribution is -2.19. The molecule has 1 rings (SSSR count). The van der Waals surface area contributed by atoms with Crippen LogP contribution in [0.1, 0.15) is 11.6 Å². The van der Waals surface area contributed by atoms with Gasteiger partial charge in [0.05, 0.1) is 13.2 Å². The van der Waals surface area contributed by atoms with Crippen LogP contribution < -0.4 is 10.5 Å². The van der Waals surface area contributed by atoms with Crippen molar-refractivity contribution in [3.8, 4) is 5.75 Å². The number of rotatable bonds is 3. The smallest absolute Gasteiger partial charge is 0.257 e. The SMILES string of the molecule is COc1ccc(C(N)C(F)F)cc1F. The summed E-state index contributed by atoms with van der Waals surface area (Å²) in [5.74, 6) is -0.684. The van der Waals surface area contributed by atoms with Crippen molar-refractivity contribution >= 4 is 0 Å². The van der Waals surface area contributed by atoms with Gasteiger partial charge in [-0.1, -0.05) is 6.07 Å². The largest absolute Gasteiger partial charge is 0.494 e. The topological polar surface area (TPSA) is 35.2 Å². The van der Waals surface area contributed by atoms with Crippen LogP contribution in [0.4, 0.5) is 13.2 Å². The summed E-state index contributed by atoms with van der Waals surface area (Å²) < 4.78 is 42.0. The highest BCUT2D eigenvalue weighted by Crippen LogP contribution is 2.23. The molecule has 0 aliphatic rings. The molecule has 2 nitrogen and oxygen atoms in total. The molecule has 2 N–H and O–H groups in total. The van der Waals surface area contributed by atoms with Crippen LogP contribution in [0.5, 0.6) is 5.75 Å². The van der Waals surface area contributed by atoms with Crippen LogP contribution in [0.25, 0.3) is 0 Å². The van der Waals surface area contributed by atoms with Crippen LogP contribution >= 0.6 is 0 Å². The van der Waals surface area contributed by atoms with Gasteiger partial charge in [0, 0.05) is 0 Å². The molecule has 0 bridgehead atoms. The molecular weight excluding hydrogens is 195 g/mol. The first-order valence-electron chi connectivity index (χ1n) is 3.93. The van der Waals surface area contributed by atoms with Crippen molar-refractivity contribution in [3.05, 3.63) is 29.6 Å². The van der Waals surface area contributed by atoms with Crippen LogP contribution in [-0.4, -0.2) is 13.5 Å². The Labute approximate surface area is 79.5 Å². The fraction of sp³-hybridized carbons (Fsp3) is 0.333. The van der Waals surface area contributed by atoms with E-state index in [0.29, 0.717) is 0 Å². The second-order valence-electron chi connectivity index (χ2n) is 2.75. The molecule has 0 saturated carbocycles. The van der Waals surface area contributed by atoms with Gasteiger partial charge in [-0.25, -0.2) is 13.2 Å². The fourth-order valence-corrected chi connectivity index (χ4v) is 1.04. The summed E-state index contributed by atoms with van der Waals surface area (Å²) in [4.78, 5) is 0. The number of halogens is 3. The van der Waals surface area contributed by atoms with Gasteiger partial charge in [-0.05, 0) is 17.7 Å². The standard InChI is InChI=1S/C9H10F3NO/c1-14-7-3-2-5(4-6(7)10)8(13)9(11)12/h2-4,8-9H,13H2,1H3. The lowest BCUT2D eigenvalue weighted by Gasteiger charge is -2.11. The molecule has 1 atom stereocenters. The summed E-state index contributed by atoms with van der Waals surface area (Å²) in [6.45, 7) is 0. The van der Waals surface area contributed by atoms with Gasteiger partial charge in [0.25, 0.3) is 6.43 Å². The highest BCUT2D eigenvalue weighted by molar-refractivity contribution is 5.31. The van der Waals surface area contributed by atoms with Gasteiger partial charge in [-0.3, -0.25) is 0 Å². The number of alkyl halides is 2. The van der Waals surface area contributed by atoms with Crippen LogP contribution in [0, 0.1) is 5.82 Å². The van der Waals surface area contributed by atoms with Crippen molar-refractivity contribution in [2.24, 2.45) is 5.73 Å². The molecule has 0 amide bonds. The Kier molecular flexibility index (Phi) is 3.35. The molecule has 0 saturated heterocycles. The second-order valence-corrected chi connectivity index (χ2v) is 2.75. The van der Waals surface area contributed by atoms with Gasteiger partial charge in [0.1, 0.15) is 0 Å². The van der Waals surface area contributed by atoms with Gasteiger partial charge in [-0.15, -0.1) is 0 Å². The lowest BCUT2D eigenvalue weighted by molar-refractivity contribution is 0.116. The van der Waals surface area contributed by atoms with Gasteiger partial charge >= 0.3 is 0 Å². The number of hydrogen-bond donors (Lipinski definition) is 1. The molecule has 14 heavy (non-hydrogen) atoms. The molecule has 0 aliphatic carbocycles. The van der Waals surface area contributed by atoms with Crippen LogP contribution in [0.2, 0.25) is 0 Å². The minimum atomic E-state index is -2.71. The lowest BCUT2D eigenvalue weighted by atomic mass is 10.1. The number of nitrogens with two attached hydrogens (primary N) is 1. The molecule has 5 heteroatoms. The van der Waals surface area contributed by atoms with Crippen molar-refractivity contribution in [3.63, 3.8) is 0 Å². The predicted molar refractivity (Wildman–Crippen MR) is 45.9 cm³/mol. The van der Waals surface area contributed by atoms with E-state index in [2.05, 4.69) is 4.74 Å². The van der Waals surface area contributed by atoms with E-state index in [0.717, 1.165) is 6.07 Å². The average molecular weight is 205 g/mol. The normalized spacial score (nSPS) is 13.0. The average Bonchev–Trinajstić information content (AvgIpc) is 2.16. The third-order valence-electron chi connectivity index (χ3n) is 1.83.